The van der Waals surface area contributed by atoms with Crippen molar-refractivity contribution < 1.29 is 8.42 Å². The molecule has 0 radical (unpaired) electrons. The second-order valence-corrected chi connectivity index (χ2v) is 4.71. The van der Waals surface area contributed by atoms with E-state index < -0.39 is 10.0 Å². The van der Waals surface area contributed by atoms with Gasteiger partial charge in [-0.3, -0.25) is 4.72 Å². The lowest BCUT2D eigenvalue weighted by molar-refractivity contribution is 0.607. The van der Waals surface area contributed by atoms with Crippen LogP contribution in [0.5, 0.6) is 0 Å². The van der Waals surface area contributed by atoms with Gasteiger partial charge in [0, 0.05) is 11.3 Å². The molecule has 0 bridgehead atoms. The van der Waals surface area contributed by atoms with Crippen LogP contribution in [-0.4, -0.2) is 21.2 Å². The predicted octanol–water partition coefficient (Wildman–Crippen LogP) is 0.368. The van der Waals surface area contributed by atoms with Crippen LogP contribution in [0.15, 0.2) is 24.3 Å². The number of nitrogens with one attached hydrogen (secondary N) is 1. The van der Waals surface area contributed by atoms with Crippen molar-refractivity contribution in [3.63, 3.8) is 0 Å². The number of hydrogen-bond donors (Lipinski definition) is 2. The second-order valence-electron chi connectivity index (χ2n) is 2.96. The first-order valence-corrected chi connectivity index (χ1v) is 6.17. The number of nitrogens with two attached hydrogens (primary N) is 1. The van der Waals surface area contributed by atoms with Gasteiger partial charge in [-0.2, -0.15) is 0 Å². The van der Waals surface area contributed by atoms with Gasteiger partial charge in [0.1, 0.15) is 0 Å². The number of rotatable bonds is 2. The highest BCUT2D eigenvalue weighted by atomic mass is 32.2. The van der Waals surface area contributed by atoms with E-state index in [9.17, 15) is 8.42 Å². The van der Waals surface area contributed by atoms with Crippen molar-refractivity contribution in [2.45, 2.75) is 0 Å². The average Bonchev–Trinajstić information content (AvgIpc) is 2.14. The van der Waals surface area contributed by atoms with Gasteiger partial charge in [-0.25, -0.2) is 8.42 Å². The van der Waals surface area contributed by atoms with Crippen LogP contribution < -0.4 is 10.5 Å². The van der Waals surface area contributed by atoms with Crippen molar-refractivity contribution in [3.05, 3.63) is 29.8 Å². The van der Waals surface area contributed by atoms with Gasteiger partial charge in [-0.05, 0) is 24.3 Å². The first-order chi connectivity index (χ1) is 7.01. The molecule has 1 aromatic carbocycles. The molecular weight excluding hydrogens is 212 g/mol. The van der Waals surface area contributed by atoms with Crippen molar-refractivity contribution in [3.8, 4) is 11.8 Å². The summed E-state index contributed by atoms with van der Waals surface area (Å²) in [4.78, 5) is 0. The molecule has 0 saturated heterocycles. The molecule has 0 saturated carbocycles. The van der Waals surface area contributed by atoms with Crippen molar-refractivity contribution in [1.29, 1.82) is 0 Å². The summed E-state index contributed by atoms with van der Waals surface area (Å²) in [5, 5.41) is 0. The summed E-state index contributed by atoms with van der Waals surface area (Å²) >= 11 is 0. The first-order valence-electron chi connectivity index (χ1n) is 4.28. The molecule has 0 fully saturated rings. The van der Waals surface area contributed by atoms with E-state index in [1.165, 1.54) is 0 Å². The van der Waals surface area contributed by atoms with E-state index in [4.69, 9.17) is 5.73 Å². The van der Waals surface area contributed by atoms with Crippen molar-refractivity contribution in [2.75, 3.05) is 17.5 Å². The molecule has 0 aliphatic rings. The molecule has 0 heterocycles. The lowest BCUT2D eigenvalue weighted by Crippen LogP contribution is -2.09. The fourth-order valence-electron chi connectivity index (χ4n) is 0.989. The third-order valence-corrected chi connectivity index (χ3v) is 2.13. The standard InChI is InChI=1S/C10H12N2O2S/c1-15(13,14)12-10-6-4-9(5-7-10)3-2-8-11/h4-7,12H,8,11H2,1H3. The molecule has 1 rings (SSSR count). The highest BCUT2D eigenvalue weighted by molar-refractivity contribution is 7.92. The van der Waals surface area contributed by atoms with E-state index in [1.807, 2.05) is 0 Å². The van der Waals surface area contributed by atoms with Gasteiger partial charge in [0.15, 0.2) is 0 Å². The minimum atomic E-state index is -3.21. The zero-order chi connectivity index (χ0) is 11.3. The molecule has 1 aromatic rings. The van der Waals surface area contributed by atoms with E-state index in [0.29, 0.717) is 12.2 Å². The Morgan fingerprint density at radius 3 is 2.40 bits per heavy atom. The summed E-state index contributed by atoms with van der Waals surface area (Å²) in [6.07, 6.45) is 1.11. The number of anilines is 1. The zero-order valence-electron chi connectivity index (χ0n) is 8.32. The van der Waals surface area contributed by atoms with Gasteiger partial charge < -0.3 is 5.73 Å². The molecule has 15 heavy (non-hydrogen) atoms. The van der Waals surface area contributed by atoms with E-state index in [2.05, 4.69) is 16.6 Å². The molecule has 3 N–H and O–H groups in total. The Morgan fingerprint density at radius 2 is 1.93 bits per heavy atom. The Balaban J connectivity index is 2.81. The van der Waals surface area contributed by atoms with Gasteiger partial charge in [0.05, 0.1) is 12.8 Å². The molecule has 0 aliphatic carbocycles. The van der Waals surface area contributed by atoms with Crippen molar-refractivity contribution >= 4 is 15.7 Å². The number of benzene rings is 1. The summed E-state index contributed by atoms with van der Waals surface area (Å²) in [6.45, 7) is 0.309. The maximum atomic E-state index is 10.9. The van der Waals surface area contributed by atoms with Crippen LogP contribution in [0.3, 0.4) is 0 Å². The van der Waals surface area contributed by atoms with Crippen LogP contribution in [0.4, 0.5) is 5.69 Å². The molecule has 0 atom stereocenters. The Kier molecular flexibility index (Phi) is 3.72. The summed E-state index contributed by atoms with van der Waals surface area (Å²) in [5.74, 6) is 5.55. The maximum Gasteiger partial charge on any atom is 0.229 e. The molecule has 0 aliphatic heterocycles. The van der Waals surface area contributed by atoms with E-state index in [-0.39, 0.29) is 0 Å². The van der Waals surface area contributed by atoms with Crippen molar-refractivity contribution in [1.82, 2.24) is 0 Å². The molecule has 0 spiro atoms. The largest absolute Gasteiger partial charge is 0.320 e. The highest BCUT2D eigenvalue weighted by Crippen LogP contribution is 2.09. The fourth-order valence-corrected chi connectivity index (χ4v) is 1.55. The van der Waals surface area contributed by atoms with Crippen molar-refractivity contribution in [2.24, 2.45) is 5.73 Å². The van der Waals surface area contributed by atoms with Crippen LogP contribution in [0.2, 0.25) is 0 Å². The molecule has 80 valence electrons. The number of hydrogen-bond acceptors (Lipinski definition) is 3. The third-order valence-electron chi connectivity index (χ3n) is 1.52. The van der Waals surface area contributed by atoms with Crippen LogP contribution >= 0.6 is 0 Å². The lowest BCUT2D eigenvalue weighted by atomic mass is 10.2. The van der Waals surface area contributed by atoms with Gasteiger partial charge in [-0.1, -0.05) is 11.8 Å². The lowest BCUT2D eigenvalue weighted by Gasteiger charge is -2.02. The monoisotopic (exact) mass is 224 g/mol. The second kappa shape index (κ2) is 4.82. The van der Waals surface area contributed by atoms with E-state index >= 15 is 0 Å². The Labute approximate surface area is 89.5 Å². The van der Waals surface area contributed by atoms with Crippen LogP contribution in [0.25, 0.3) is 0 Å². The summed E-state index contributed by atoms with van der Waals surface area (Å²) < 4.78 is 24.2. The Hall–Kier alpha value is -1.51. The Morgan fingerprint density at radius 1 is 1.33 bits per heavy atom. The summed E-state index contributed by atoms with van der Waals surface area (Å²) in [7, 11) is -3.21. The molecule has 0 amide bonds. The molecule has 0 unspecified atom stereocenters. The minimum absolute atomic E-state index is 0.309. The molecular formula is C10H12N2O2S. The van der Waals surface area contributed by atoms with Gasteiger partial charge in [-0.15, -0.1) is 0 Å². The molecule has 5 heteroatoms. The number of sulfonamides is 1. The topological polar surface area (TPSA) is 72.2 Å². The van der Waals surface area contributed by atoms with Gasteiger partial charge >= 0.3 is 0 Å². The van der Waals surface area contributed by atoms with Crippen LogP contribution in [0, 0.1) is 11.8 Å². The normalized spacial score (nSPS) is 10.3. The average molecular weight is 224 g/mol. The predicted molar refractivity (Wildman–Crippen MR) is 60.8 cm³/mol. The maximum absolute atomic E-state index is 10.9. The van der Waals surface area contributed by atoms with Gasteiger partial charge in [0.2, 0.25) is 10.0 Å². The molecule has 0 aromatic heterocycles. The minimum Gasteiger partial charge on any atom is -0.320 e. The third kappa shape index (κ3) is 4.49. The smallest absolute Gasteiger partial charge is 0.229 e. The van der Waals surface area contributed by atoms with E-state index in [0.717, 1.165) is 11.8 Å². The van der Waals surface area contributed by atoms with E-state index in [1.54, 1.807) is 24.3 Å². The summed E-state index contributed by atoms with van der Waals surface area (Å²) in [5.41, 5.74) is 6.55. The summed E-state index contributed by atoms with van der Waals surface area (Å²) in [6, 6.07) is 6.77. The van der Waals surface area contributed by atoms with Gasteiger partial charge in [0.25, 0.3) is 0 Å². The highest BCUT2D eigenvalue weighted by Gasteiger charge is 2.00. The zero-order valence-corrected chi connectivity index (χ0v) is 9.14. The fraction of sp³-hybridized carbons (Fsp3) is 0.200. The molecule has 4 nitrogen and oxygen atoms in total. The van der Waals surface area contributed by atoms with Crippen LogP contribution in [-0.2, 0) is 10.0 Å². The Bertz CT molecular complexity index is 480. The first kappa shape index (κ1) is 11.6. The van der Waals surface area contributed by atoms with Crippen LogP contribution in [0.1, 0.15) is 5.56 Å². The quantitative estimate of drug-likeness (QED) is 0.713. The SMILES string of the molecule is CS(=O)(=O)Nc1ccc(C#CCN)cc1.